The van der Waals surface area contributed by atoms with Gasteiger partial charge in [0.1, 0.15) is 0 Å². The Hall–Kier alpha value is -2.74. The van der Waals surface area contributed by atoms with Crippen molar-refractivity contribution in [3.63, 3.8) is 0 Å². The van der Waals surface area contributed by atoms with Crippen LogP contribution in [-0.4, -0.2) is 14.2 Å². The number of hydrogen-bond acceptors (Lipinski definition) is 2. The van der Waals surface area contributed by atoms with Gasteiger partial charge in [-0.25, -0.2) is 0 Å². The molecular weight excluding hydrogens is 272 g/mol. The lowest BCUT2D eigenvalue weighted by molar-refractivity contribution is 0.356. The molecule has 3 rings (SSSR count). The quantitative estimate of drug-likeness (QED) is 0.670. The highest BCUT2D eigenvalue weighted by Crippen LogP contribution is 2.44. The Morgan fingerprint density at radius 1 is 0.591 bits per heavy atom. The van der Waals surface area contributed by atoms with Crippen molar-refractivity contribution in [3.8, 4) is 33.8 Å². The molecule has 0 heterocycles. The largest absolute Gasteiger partial charge is 0.493 e. The minimum absolute atomic E-state index is 0.737. The molecule has 3 aromatic rings. The fourth-order valence-electron chi connectivity index (χ4n) is 2.68. The predicted molar refractivity (Wildman–Crippen MR) is 90.4 cm³/mol. The van der Waals surface area contributed by atoms with Crippen molar-refractivity contribution in [1.82, 2.24) is 0 Å². The molecule has 0 aromatic heterocycles. The van der Waals surface area contributed by atoms with Gasteiger partial charge in [0.15, 0.2) is 11.5 Å². The molecule has 0 saturated heterocycles. The maximum atomic E-state index is 5.66. The molecule has 0 fully saturated rings. The summed E-state index contributed by atoms with van der Waals surface area (Å²) >= 11 is 0. The van der Waals surface area contributed by atoms with Gasteiger partial charge in [-0.2, -0.15) is 0 Å². The van der Waals surface area contributed by atoms with E-state index in [0.717, 1.165) is 33.8 Å². The third kappa shape index (κ3) is 2.56. The zero-order valence-corrected chi connectivity index (χ0v) is 12.7. The Morgan fingerprint density at radius 2 is 1.18 bits per heavy atom. The lowest BCUT2D eigenvalue weighted by Gasteiger charge is -2.17. The van der Waals surface area contributed by atoms with Crippen LogP contribution < -0.4 is 9.47 Å². The van der Waals surface area contributed by atoms with Crippen molar-refractivity contribution in [1.29, 1.82) is 0 Å². The van der Waals surface area contributed by atoms with Crippen molar-refractivity contribution < 1.29 is 9.47 Å². The van der Waals surface area contributed by atoms with Gasteiger partial charge in [-0.15, -0.1) is 0 Å². The molecule has 0 unspecified atom stereocenters. The molecule has 0 atom stereocenters. The molecule has 0 amide bonds. The molecule has 110 valence electrons. The molecule has 2 nitrogen and oxygen atoms in total. The molecular formula is C20H18O2. The average molecular weight is 290 g/mol. The second-order valence-corrected chi connectivity index (χ2v) is 4.96. The molecule has 0 N–H and O–H groups in total. The first kappa shape index (κ1) is 14.2. The zero-order valence-electron chi connectivity index (χ0n) is 12.7. The van der Waals surface area contributed by atoms with Crippen molar-refractivity contribution >= 4 is 0 Å². The molecule has 0 spiro atoms. The van der Waals surface area contributed by atoms with Gasteiger partial charge in [-0.3, -0.25) is 0 Å². The Balaban J connectivity index is 2.31. The molecule has 0 aliphatic carbocycles. The molecule has 3 aromatic carbocycles. The predicted octanol–water partition coefficient (Wildman–Crippen LogP) is 5.04. The van der Waals surface area contributed by atoms with Crippen LogP contribution in [0, 0.1) is 0 Å². The second-order valence-electron chi connectivity index (χ2n) is 4.96. The van der Waals surface area contributed by atoms with E-state index in [2.05, 4.69) is 30.3 Å². The summed E-state index contributed by atoms with van der Waals surface area (Å²) in [5.41, 5.74) is 4.44. The summed E-state index contributed by atoms with van der Waals surface area (Å²) in [6.45, 7) is 0. The third-order valence-corrected chi connectivity index (χ3v) is 3.69. The highest BCUT2D eigenvalue weighted by molar-refractivity contribution is 5.89. The van der Waals surface area contributed by atoms with Crippen LogP contribution in [0.1, 0.15) is 0 Å². The smallest absolute Gasteiger partial charge is 0.169 e. The van der Waals surface area contributed by atoms with Gasteiger partial charge in [0, 0.05) is 5.56 Å². The first-order valence-electron chi connectivity index (χ1n) is 7.21. The van der Waals surface area contributed by atoms with E-state index in [9.17, 15) is 0 Å². The molecule has 0 aliphatic rings. The van der Waals surface area contributed by atoms with Crippen molar-refractivity contribution in [3.05, 3.63) is 72.8 Å². The molecule has 0 aliphatic heterocycles. The summed E-state index contributed by atoms with van der Waals surface area (Å²) in [6.07, 6.45) is 0. The van der Waals surface area contributed by atoms with E-state index in [4.69, 9.17) is 9.47 Å². The SMILES string of the molecule is COc1ccc(-c2ccccc2)c(-c2ccccc2)c1OC. The van der Waals surface area contributed by atoms with E-state index in [1.165, 1.54) is 0 Å². The summed E-state index contributed by atoms with van der Waals surface area (Å²) < 4.78 is 11.1. The summed E-state index contributed by atoms with van der Waals surface area (Å²) in [7, 11) is 3.34. The summed E-state index contributed by atoms with van der Waals surface area (Å²) in [6, 6.07) is 24.6. The number of methoxy groups -OCH3 is 2. The van der Waals surface area contributed by atoms with Gasteiger partial charge < -0.3 is 9.47 Å². The molecule has 0 bridgehead atoms. The van der Waals surface area contributed by atoms with Crippen LogP contribution in [0.4, 0.5) is 0 Å². The fraction of sp³-hybridized carbons (Fsp3) is 0.100. The first-order valence-corrected chi connectivity index (χ1v) is 7.21. The van der Waals surface area contributed by atoms with E-state index in [1.807, 2.05) is 42.5 Å². The normalized spacial score (nSPS) is 10.3. The fourth-order valence-corrected chi connectivity index (χ4v) is 2.68. The van der Waals surface area contributed by atoms with E-state index < -0.39 is 0 Å². The Morgan fingerprint density at radius 3 is 1.73 bits per heavy atom. The lowest BCUT2D eigenvalue weighted by atomic mass is 9.93. The number of benzene rings is 3. The van der Waals surface area contributed by atoms with Crippen LogP contribution in [-0.2, 0) is 0 Å². The average Bonchev–Trinajstić information content (AvgIpc) is 2.61. The van der Waals surface area contributed by atoms with E-state index in [-0.39, 0.29) is 0 Å². The van der Waals surface area contributed by atoms with Gasteiger partial charge in [-0.05, 0) is 28.8 Å². The summed E-state index contributed by atoms with van der Waals surface area (Å²) in [5.74, 6) is 1.50. The van der Waals surface area contributed by atoms with E-state index in [0.29, 0.717) is 0 Å². The molecule has 22 heavy (non-hydrogen) atoms. The summed E-state index contributed by atoms with van der Waals surface area (Å²) in [4.78, 5) is 0. The van der Waals surface area contributed by atoms with Crippen LogP contribution in [0.5, 0.6) is 11.5 Å². The number of ether oxygens (including phenoxy) is 2. The van der Waals surface area contributed by atoms with Crippen LogP contribution in [0.3, 0.4) is 0 Å². The Labute approximate surface area is 131 Å². The maximum Gasteiger partial charge on any atom is 0.169 e. The van der Waals surface area contributed by atoms with Crippen molar-refractivity contribution in [2.24, 2.45) is 0 Å². The Kier molecular flexibility index (Phi) is 4.10. The Bertz CT molecular complexity index is 749. The van der Waals surface area contributed by atoms with Crippen molar-refractivity contribution in [2.75, 3.05) is 14.2 Å². The minimum Gasteiger partial charge on any atom is -0.493 e. The van der Waals surface area contributed by atoms with E-state index >= 15 is 0 Å². The molecule has 2 heteroatoms. The van der Waals surface area contributed by atoms with Crippen LogP contribution in [0.25, 0.3) is 22.3 Å². The third-order valence-electron chi connectivity index (χ3n) is 3.69. The van der Waals surface area contributed by atoms with Gasteiger partial charge in [0.25, 0.3) is 0 Å². The van der Waals surface area contributed by atoms with Gasteiger partial charge in [0.05, 0.1) is 14.2 Å². The van der Waals surface area contributed by atoms with Gasteiger partial charge in [0.2, 0.25) is 0 Å². The van der Waals surface area contributed by atoms with Gasteiger partial charge >= 0.3 is 0 Å². The zero-order chi connectivity index (χ0) is 15.4. The maximum absolute atomic E-state index is 5.66. The van der Waals surface area contributed by atoms with Crippen molar-refractivity contribution in [2.45, 2.75) is 0 Å². The number of hydrogen-bond donors (Lipinski definition) is 0. The second kappa shape index (κ2) is 6.35. The molecule has 0 radical (unpaired) electrons. The molecule has 0 saturated carbocycles. The van der Waals surface area contributed by atoms with Crippen LogP contribution in [0.2, 0.25) is 0 Å². The van der Waals surface area contributed by atoms with Crippen LogP contribution in [0.15, 0.2) is 72.8 Å². The number of rotatable bonds is 4. The van der Waals surface area contributed by atoms with E-state index in [1.54, 1.807) is 14.2 Å². The topological polar surface area (TPSA) is 18.5 Å². The standard InChI is InChI=1S/C20H18O2/c1-21-18-14-13-17(15-9-5-3-6-10-15)19(20(18)22-2)16-11-7-4-8-12-16/h3-14H,1-2H3. The highest BCUT2D eigenvalue weighted by atomic mass is 16.5. The van der Waals surface area contributed by atoms with Gasteiger partial charge in [-0.1, -0.05) is 60.7 Å². The first-order chi connectivity index (χ1) is 10.8. The van der Waals surface area contributed by atoms with Crippen LogP contribution >= 0.6 is 0 Å². The monoisotopic (exact) mass is 290 g/mol. The summed E-state index contributed by atoms with van der Waals surface area (Å²) in [5, 5.41) is 0. The lowest BCUT2D eigenvalue weighted by Crippen LogP contribution is -1.96. The minimum atomic E-state index is 0.737. The highest BCUT2D eigenvalue weighted by Gasteiger charge is 2.17.